The van der Waals surface area contributed by atoms with Crippen LogP contribution in [0.4, 0.5) is 14.7 Å². The minimum Gasteiger partial charge on any atom is -0.491 e. The van der Waals surface area contributed by atoms with Crippen molar-refractivity contribution in [1.29, 1.82) is 0 Å². The van der Waals surface area contributed by atoms with E-state index in [1.165, 1.54) is 0 Å². The molecule has 1 saturated carbocycles. The zero-order valence-electron chi connectivity index (χ0n) is 17.1. The summed E-state index contributed by atoms with van der Waals surface area (Å²) in [6.45, 7) is 0.447. The van der Waals surface area contributed by atoms with Gasteiger partial charge in [0.25, 0.3) is 11.8 Å². The van der Waals surface area contributed by atoms with Gasteiger partial charge in [-0.1, -0.05) is 12.1 Å². The van der Waals surface area contributed by atoms with Gasteiger partial charge in [-0.15, -0.1) is 0 Å². The molecule has 0 unspecified atom stereocenters. The van der Waals surface area contributed by atoms with Crippen LogP contribution < -0.4 is 15.4 Å². The Kier molecular flexibility index (Phi) is 5.08. The van der Waals surface area contributed by atoms with E-state index in [-0.39, 0.29) is 11.9 Å². The number of ether oxygens (including phenoxy) is 1. The maximum atomic E-state index is 14.0. The molecule has 3 aliphatic rings. The Morgan fingerprint density at radius 3 is 2.97 bits per heavy atom. The van der Waals surface area contributed by atoms with Crippen LogP contribution in [0.1, 0.15) is 52.9 Å². The van der Waals surface area contributed by atoms with E-state index >= 15 is 0 Å². The Morgan fingerprint density at radius 1 is 1.26 bits per heavy atom. The van der Waals surface area contributed by atoms with Crippen LogP contribution in [0.2, 0.25) is 0 Å². The van der Waals surface area contributed by atoms with Gasteiger partial charge in [-0.2, -0.15) is 0 Å². The van der Waals surface area contributed by atoms with Gasteiger partial charge in [-0.3, -0.25) is 4.79 Å². The number of amides is 1. The van der Waals surface area contributed by atoms with Gasteiger partial charge in [0.2, 0.25) is 5.95 Å². The molecule has 0 radical (unpaired) electrons. The van der Waals surface area contributed by atoms with Gasteiger partial charge in [0.15, 0.2) is 0 Å². The number of alkyl halides is 2. The van der Waals surface area contributed by atoms with E-state index in [0.717, 1.165) is 41.7 Å². The molecule has 0 spiro atoms. The van der Waals surface area contributed by atoms with Crippen LogP contribution in [-0.2, 0) is 6.42 Å². The summed E-state index contributed by atoms with van der Waals surface area (Å²) in [6.07, 6.45) is 7.54. The van der Waals surface area contributed by atoms with Crippen LogP contribution in [0.25, 0.3) is 5.57 Å². The molecule has 0 bridgehead atoms. The largest absolute Gasteiger partial charge is 0.491 e. The third-order valence-electron chi connectivity index (χ3n) is 5.96. The fourth-order valence-corrected chi connectivity index (χ4v) is 4.08. The predicted molar refractivity (Wildman–Crippen MR) is 112 cm³/mol. The highest BCUT2D eigenvalue weighted by molar-refractivity contribution is 5.98. The zero-order valence-corrected chi connectivity index (χ0v) is 17.1. The second kappa shape index (κ2) is 7.90. The van der Waals surface area contributed by atoms with Gasteiger partial charge in [0, 0.05) is 17.7 Å². The lowest BCUT2D eigenvalue weighted by molar-refractivity contribution is -0.00833. The number of carbonyl (C=O) groups is 1. The third kappa shape index (κ3) is 4.11. The first-order chi connectivity index (χ1) is 15.0. The van der Waals surface area contributed by atoms with E-state index in [9.17, 15) is 13.6 Å². The lowest BCUT2D eigenvalue weighted by Crippen LogP contribution is -2.30. The highest BCUT2D eigenvalue weighted by atomic mass is 19.3. The fraction of sp³-hybridized carbons (Fsp3) is 0.435. The summed E-state index contributed by atoms with van der Waals surface area (Å²) in [6, 6.07) is 5.55. The van der Waals surface area contributed by atoms with Crippen LogP contribution >= 0.6 is 0 Å². The van der Waals surface area contributed by atoms with E-state index in [1.807, 2.05) is 12.1 Å². The minimum atomic E-state index is -2.73. The summed E-state index contributed by atoms with van der Waals surface area (Å²) >= 11 is 0. The number of fused-ring (bicyclic) bond motifs is 2. The number of aryl methyl sites for hydroxylation is 1. The first kappa shape index (κ1) is 19.9. The molecule has 2 aromatic rings. The number of hydrogen-bond donors (Lipinski definition) is 2. The maximum absolute atomic E-state index is 14.0. The van der Waals surface area contributed by atoms with Crippen LogP contribution in [0.3, 0.4) is 0 Å². The number of rotatable bonds is 5. The van der Waals surface area contributed by atoms with Crippen molar-refractivity contribution in [2.45, 2.75) is 38.0 Å². The highest BCUT2D eigenvalue weighted by Crippen LogP contribution is 2.43. The number of halogens is 2. The van der Waals surface area contributed by atoms with Gasteiger partial charge in [-0.25, -0.2) is 18.7 Å². The quantitative estimate of drug-likeness (QED) is 0.760. The molecule has 2 N–H and O–H groups in total. The van der Waals surface area contributed by atoms with Crippen molar-refractivity contribution >= 4 is 17.4 Å². The van der Waals surface area contributed by atoms with Crippen molar-refractivity contribution in [2.24, 2.45) is 5.92 Å². The molecule has 0 saturated heterocycles. The van der Waals surface area contributed by atoms with Gasteiger partial charge in [-0.05, 0) is 55.4 Å². The zero-order chi connectivity index (χ0) is 21.4. The predicted octanol–water partition coefficient (Wildman–Crippen LogP) is 3.82. The summed E-state index contributed by atoms with van der Waals surface area (Å²) in [5.41, 5.74) is 4.13. The standard InChI is InChI=1S/C23H24F2N4O2/c24-23(25,15-6-7-15)13-28-22-27-12-18-16(3-1-2-4-19(18)29-22)14-5-8-17-20(11-14)31-10-9-26-21(17)30/h3,5,8,11-12,15H,1-2,4,6-7,9-10,13H2,(H,26,30)(H,27,28,29). The Balaban J connectivity index is 1.42. The topological polar surface area (TPSA) is 76.1 Å². The second-order valence-corrected chi connectivity index (χ2v) is 8.27. The molecule has 0 atom stereocenters. The summed E-state index contributed by atoms with van der Waals surface area (Å²) in [7, 11) is 0. The average molecular weight is 426 g/mol. The molecule has 31 heavy (non-hydrogen) atoms. The van der Waals surface area contributed by atoms with Crippen molar-refractivity contribution in [2.75, 3.05) is 25.0 Å². The molecule has 1 amide bonds. The van der Waals surface area contributed by atoms with Gasteiger partial charge in [0.1, 0.15) is 12.4 Å². The Labute approximate surface area is 179 Å². The minimum absolute atomic E-state index is 0.142. The molecule has 2 heterocycles. The van der Waals surface area contributed by atoms with Crippen LogP contribution in [-0.4, -0.2) is 41.5 Å². The van der Waals surface area contributed by atoms with E-state index in [4.69, 9.17) is 4.74 Å². The normalized spacial score (nSPS) is 18.5. The van der Waals surface area contributed by atoms with Crippen molar-refractivity contribution in [3.05, 3.63) is 52.9 Å². The van der Waals surface area contributed by atoms with Crippen LogP contribution in [0, 0.1) is 5.92 Å². The first-order valence-corrected chi connectivity index (χ1v) is 10.7. The summed E-state index contributed by atoms with van der Waals surface area (Å²) in [5, 5.41) is 5.53. The van der Waals surface area contributed by atoms with Gasteiger partial charge >= 0.3 is 0 Å². The number of allylic oxidation sites excluding steroid dienone is 1. The first-order valence-electron chi connectivity index (χ1n) is 10.7. The molecule has 8 heteroatoms. The molecule has 1 aliphatic heterocycles. The monoisotopic (exact) mass is 426 g/mol. The number of hydrogen-bond acceptors (Lipinski definition) is 5. The SMILES string of the molecule is O=C1NCCOc2cc(C3=CCCCc4nc(NCC(F)(F)C5CC5)ncc43)ccc21. The number of nitrogens with zero attached hydrogens (tertiary/aromatic N) is 2. The van der Waals surface area contributed by atoms with E-state index < -0.39 is 18.4 Å². The van der Waals surface area contributed by atoms with Crippen molar-refractivity contribution < 1.29 is 18.3 Å². The maximum Gasteiger partial charge on any atom is 0.267 e. The molecule has 1 fully saturated rings. The summed E-state index contributed by atoms with van der Waals surface area (Å²) in [5.74, 6) is -2.60. The van der Waals surface area contributed by atoms with Gasteiger partial charge in [0.05, 0.1) is 24.3 Å². The lowest BCUT2D eigenvalue weighted by atomic mass is 9.96. The molecular weight excluding hydrogens is 402 g/mol. The van der Waals surface area contributed by atoms with E-state index in [0.29, 0.717) is 37.3 Å². The van der Waals surface area contributed by atoms with E-state index in [1.54, 1.807) is 12.3 Å². The summed E-state index contributed by atoms with van der Waals surface area (Å²) in [4.78, 5) is 21.0. The molecular formula is C23H24F2N4O2. The molecule has 5 rings (SSSR count). The average Bonchev–Trinajstić information content (AvgIpc) is 3.62. The Bertz CT molecular complexity index is 1050. The molecule has 1 aromatic heterocycles. The highest BCUT2D eigenvalue weighted by Gasteiger charge is 2.46. The second-order valence-electron chi connectivity index (χ2n) is 8.27. The van der Waals surface area contributed by atoms with Crippen molar-refractivity contribution in [3.63, 3.8) is 0 Å². The molecule has 6 nitrogen and oxygen atoms in total. The number of nitrogens with one attached hydrogen (secondary N) is 2. The third-order valence-corrected chi connectivity index (χ3v) is 5.96. The number of carbonyl (C=O) groups excluding carboxylic acids is 1. The van der Waals surface area contributed by atoms with Crippen molar-refractivity contribution in [3.8, 4) is 5.75 Å². The fourth-order valence-electron chi connectivity index (χ4n) is 4.08. The Morgan fingerprint density at radius 2 is 2.13 bits per heavy atom. The number of anilines is 1. The lowest BCUT2D eigenvalue weighted by Gasteiger charge is -2.17. The van der Waals surface area contributed by atoms with Crippen LogP contribution in [0.5, 0.6) is 5.75 Å². The number of aromatic nitrogens is 2. The molecule has 162 valence electrons. The smallest absolute Gasteiger partial charge is 0.267 e. The van der Waals surface area contributed by atoms with Crippen LogP contribution in [0.15, 0.2) is 30.5 Å². The summed E-state index contributed by atoms with van der Waals surface area (Å²) < 4.78 is 33.8. The van der Waals surface area contributed by atoms with Crippen molar-refractivity contribution in [1.82, 2.24) is 15.3 Å². The molecule has 1 aromatic carbocycles. The Hall–Kier alpha value is -3.03. The number of benzene rings is 1. The van der Waals surface area contributed by atoms with Gasteiger partial charge < -0.3 is 15.4 Å². The molecule has 2 aliphatic carbocycles. The van der Waals surface area contributed by atoms with E-state index in [2.05, 4.69) is 26.7 Å².